The molecule has 2 atom stereocenters. The average Bonchev–Trinajstić information content (AvgIpc) is 2.87. The van der Waals surface area contributed by atoms with E-state index in [4.69, 9.17) is 0 Å². The van der Waals surface area contributed by atoms with Crippen LogP contribution in [0.3, 0.4) is 0 Å². The molecule has 1 saturated carbocycles. The number of nitrogens with zero attached hydrogens (tertiary/aromatic N) is 1. The summed E-state index contributed by atoms with van der Waals surface area (Å²) in [5, 5.41) is 13.0. The highest BCUT2D eigenvalue weighted by Gasteiger charge is 2.23. The molecule has 19 heavy (non-hydrogen) atoms. The second kappa shape index (κ2) is 7.71. The lowest BCUT2D eigenvalue weighted by Crippen LogP contribution is -2.32. The summed E-state index contributed by atoms with van der Waals surface area (Å²) >= 11 is 0. The van der Waals surface area contributed by atoms with Gasteiger partial charge in [0.15, 0.2) is 0 Å². The summed E-state index contributed by atoms with van der Waals surface area (Å²) in [4.78, 5) is 0. The van der Waals surface area contributed by atoms with E-state index in [-0.39, 0.29) is 0 Å². The van der Waals surface area contributed by atoms with Crippen LogP contribution in [-0.4, -0.2) is 22.8 Å². The zero-order chi connectivity index (χ0) is 13.5. The number of aryl methyl sites for hydroxylation is 1. The van der Waals surface area contributed by atoms with Crippen LogP contribution in [0, 0.1) is 11.8 Å². The Balaban J connectivity index is 1.72. The van der Waals surface area contributed by atoms with Crippen LogP contribution in [-0.2, 0) is 13.1 Å². The molecule has 0 saturated heterocycles. The Morgan fingerprint density at radius 3 is 2.84 bits per heavy atom. The molecular formula is C16H28N2O. The first kappa shape index (κ1) is 14.6. The summed E-state index contributed by atoms with van der Waals surface area (Å²) in [6.07, 6.45) is 10.7. The van der Waals surface area contributed by atoms with Crippen LogP contribution in [0.4, 0.5) is 0 Å². The Labute approximate surface area is 117 Å². The number of nitrogens with one attached hydrogen (secondary N) is 1. The molecule has 0 aliphatic heterocycles. The van der Waals surface area contributed by atoms with Crippen molar-refractivity contribution in [3.05, 3.63) is 24.0 Å². The molecule has 0 spiro atoms. The number of hydrogen-bond acceptors (Lipinski definition) is 2. The summed E-state index contributed by atoms with van der Waals surface area (Å²) in [5.74, 6) is 1.18. The molecule has 2 unspecified atom stereocenters. The van der Waals surface area contributed by atoms with Gasteiger partial charge in [-0.05, 0) is 49.3 Å². The third kappa shape index (κ3) is 4.36. The lowest BCUT2D eigenvalue weighted by atomic mass is 9.79. The van der Waals surface area contributed by atoms with E-state index >= 15 is 0 Å². The first-order valence-electron chi connectivity index (χ1n) is 7.79. The summed E-state index contributed by atoms with van der Waals surface area (Å²) in [7, 11) is 0. The minimum atomic E-state index is 0.360. The van der Waals surface area contributed by atoms with E-state index in [1.807, 2.05) is 0 Å². The maximum atomic E-state index is 9.41. The number of aliphatic hydroxyl groups is 1. The van der Waals surface area contributed by atoms with Crippen molar-refractivity contribution in [3.63, 3.8) is 0 Å². The molecule has 1 heterocycles. The van der Waals surface area contributed by atoms with E-state index < -0.39 is 0 Å². The molecule has 2 N–H and O–H groups in total. The van der Waals surface area contributed by atoms with Gasteiger partial charge >= 0.3 is 0 Å². The van der Waals surface area contributed by atoms with E-state index in [1.165, 1.54) is 37.7 Å². The molecule has 108 valence electrons. The van der Waals surface area contributed by atoms with Crippen molar-refractivity contribution in [2.75, 3.05) is 13.2 Å². The van der Waals surface area contributed by atoms with Crippen molar-refractivity contribution in [1.82, 2.24) is 9.88 Å². The number of rotatable bonds is 7. The maximum absolute atomic E-state index is 9.41. The molecule has 0 amide bonds. The van der Waals surface area contributed by atoms with E-state index in [2.05, 4.69) is 35.3 Å². The van der Waals surface area contributed by atoms with Crippen molar-refractivity contribution >= 4 is 0 Å². The SMILES string of the molecule is CCCn1ccc(CNCC2CCCCC2CO)c1. The highest BCUT2D eigenvalue weighted by Crippen LogP contribution is 2.29. The molecule has 2 rings (SSSR count). The first-order chi connectivity index (χ1) is 9.33. The van der Waals surface area contributed by atoms with Crippen molar-refractivity contribution in [2.45, 2.75) is 52.1 Å². The van der Waals surface area contributed by atoms with Gasteiger partial charge in [0.2, 0.25) is 0 Å². The minimum Gasteiger partial charge on any atom is -0.396 e. The molecule has 0 aromatic carbocycles. The molecule has 1 aromatic rings. The predicted octanol–water partition coefficient (Wildman–Crippen LogP) is 2.79. The van der Waals surface area contributed by atoms with E-state index in [0.717, 1.165) is 19.6 Å². The molecule has 1 aromatic heterocycles. The van der Waals surface area contributed by atoms with Crippen LogP contribution < -0.4 is 5.32 Å². The molecular weight excluding hydrogens is 236 g/mol. The Morgan fingerprint density at radius 2 is 2.11 bits per heavy atom. The topological polar surface area (TPSA) is 37.2 Å². The summed E-state index contributed by atoms with van der Waals surface area (Å²) in [6.45, 7) is 5.67. The van der Waals surface area contributed by atoms with E-state index in [9.17, 15) is 5.11 Å². The highest BCUT2D eigenvalue weighted by atomic mass is 16.3. The largest absolute Gasteiger partial charge is 0.396 e. The van der Waals surface area contributed by atoms with Gasteiger partial charge in [0, 0.05) is 32.1 Å². The average molecular weight is 264 g/mol. The van der Waals surface area contributed by atoms with Gasteiger partial charge in [0.1, 0.15) is 0 Å². The van der Waals surface area contributed by atoms with E-state index in [1.54, 1.807) is 0 Å². The number of aliphatic hydroxyl groups excluding tert-OH is 1. The lowest BCUT2D eigenvalue weighted by Gasteiger charge is -2.30. The maximum Gasteiger partial charge on any atom is 0.0462 e. The van der Waals surface area contributed by atoms with E-state index in [0.29, 0.717) is 18.4 Å². The quantitative estimate of drug-likeness (QED) is 0.794. The van der Waals surface area contributed by atoms with Crippen molar-refractivity contribution in [2.24, 2.45) is 11.8 Å². The smallest absolute Gasteiger partial charge is 0.0462 e. The zero-order valence-electron chi connectivity index (χ0n) is 12.1. The summed E-state index contributed by atoms with van der Waals surface area (Å²) in [5.41, 5.74) is 1.37. The Morgan fingerprint density at radius 1 is 1.32 bits per heavy atom. The number of aromatic nitrogens is 1. The lowest BCUT2D eigenvalue weighted by molar-refractivity contribution is 0.133. The van der Waals surface area contributed by atoms with Crippen LogP contribution >= 0.6 is 0 Å². The summed E-state index contributed by atoms with van der Waals surface area (Å²) < 4.78 is 2.26. The van der Waals surface area contributed by atoms with Gasteiger partial charge in [0.05, 0.1) is 0 Å². The molecule has 1 fully saturated rings. The Hall–Kier alpha value is -0.800. The Bertz CT molecular complexity index is 361. The fourth-order valence-electron chi connectivity index (χ4n) is 3.19. The van der Waals surface area contributed by atoms with Gasteiger partial charge in [0.25, 0.3) is 0 Å². The highest BCUT2D eigenvalue weighted by molar-refractivity contribution is 5.09. The van der Waals surface area contributed by atoms with Crippen LogP contribution in [0.15, 0.2) is 18.5 Å². The first-order valence-corrected chi connectivity index (χ1v) is 7.79. The molecule has 3 heteroatoms. The molecule has 1 aliphatic carbocycles. The standard InChI is InChI=1S/C16H28N2O/c1-2-8-18-9-7-14(12-18)10-17-11-15-5-3-4-6-16(15)13-19/h7,9,12,15-17,19H,2-6,8,10-11,13H2,1H3. The zero-order valence-corrected chi connectivity index (χ0v) is 12.1. The molecule has 0 radical (unpaired) electrons. The van der Waals surface area contributed by atoms with Crippen molar-refractivity contribution in [3.8, 4) is 0 Å². The molecule has 1 aliphatic rings. The van der Waals surface area contributed by atoms with Gasteiger partial charge in [-0.3, -0.25) is 0 Å². The van der Waals surface area contributed by atoms with Gasteiger partial charge < -0.3 is 15.0 Å². The van der Waals surface area contributed by atoms with Crippen LogP contribution in [0.5, 0.6) is 0 Å². The van der Waals surface area contributed by atoms with Gasteiger partial charge in [-0.1, -0.05) is 19.8 Å². The second-order valence-corrected chi connectivity index (χ2v) is 5.88. The third-order valence-corrected chi connectivity index (χ3v) is 4.33. The monoisotopic (exact) mass is 264 g/mol. The minimum absolute atomic E-state index is 0.360. The molecule has 0 bridgehead atoms. The van der Waals surface area contributed by atoms with Crippen LogP contribution in [0.1, 0.15) is 44.6 Å². The van der Waals surface area contributed by atoms with Gasteiger partial charge in [-0.25, -0.2) is 0 Å². The van der Waals surface area contributed by atoms with Gasteiger partial charge in [-0.15, -0.1) is 0 Å². The van der Waals surface area contributed by atoms with Crippen molar-refractivity contribution in [1.29, 1.82) is 0 Å². The van der Waals surface area contributed by atoms with Crippen LogP contribution in [0.25, 0.3) is 0 Å². The fourth-order valence-corrected chi connectivity index (χ4v) is 3.19. The normalized spacial score (nSPS) is 23.7. The van der Waals surface area contributed by atoms with Crippen LogP contribution in [0.2, 0.25) is 0 Å². The van der Waals surface area contributed by atoms with Crippen molar-refractivity contribution < 1.29 is 5.11 Å². The number of hydrogen-bond donors (Lipinski definition) is 2. The predicted molar refractivity (Wildman–Crippen MR) is 79.0 cm³/mol. The fraction of sp³-hybridized carbons (Fsp3) is 0.750. The van der Waals surface area contributed by atoms with Gasteiger partial charge in [-0.2, -0.15) is 0 Å². The Kier molecular flexibility index (Phi) is 5.93. The second-order valence-electron chi connectivity index (χ2n) is 5.88. The third-order valence-electron chi connectivity index (χ3n) is 4.33. The summed E-state index contributed by atoms with van der Waals surface area (Å²) in [6, 6.07) is 2.20. The molecule has 3 nitrogen and oxygen atoms in total.